The lowest BCUT2D eigenvalue weighted by atomic mass is 9.93. The minimum absolute atomic E-state index is 1.15. The van der Waals surface area contributed by atoms with Gasteiger partial charge >= 0.3 is 0 Å². The zero-order valence-corrected chi connectivity index (χ0v) is 21.0. The van der Waals surface area contributed by atoms with Crippen LogP contribution < -0.4 is 9.13 Å². The summed E-state index contributed by atoms with van der Waals surface area (Å²) in [7, 11) is 0. The van der Waals surface area contributed by atoms with E-state index >= 15 is 0 Å². The molecule has 3 aromatic rings. The third kappa shape index (κ3) is 6.34. The van der Waals surface area contributed by atoms with Crippen molar-refractivity contribution in [1.82, 2.24) is 0 Å². The Balaban J connectivity index is 0.994. The van der Waals surface area contributed by atoms with Crippen molar-refractivity contribution in [2.75, 3.05) is 0 Å². The summed E-state index contributed by atoms with van der Waals surface area (Å²) in [5, 5.41) is 0. The maximum atomic E-state index is 2.41. The van der Waals surface area contributed by atoms with Crippen molar-refractivity contribution >= 4 is 0 Å². The Morgan fingerprint density at radius 2 is 0.882 bits per heavy atom. The van der Waals surface area contributed by atoms with Gasteiger partial charge in [0.05, 0.1) is 0 Å². The molecular weight excluding hydrogens is 412 g/mol. The maximum Gasteiger partial charge on any atom is 0.172 e. The molecule has 0 N–H and O–H groups in total. The predicted octanol–water partition coefficient (Wildman–Crippen LogP) is 6.07. The van der Waals surface area contributed by atoms with Crippen molar-refractivity contribution in [2.24, 2.45) is 0 Å². The number of hydrogen-bond acceptors (Lipinski definition) is 0. The minimum Gasteiger partial charge on any atom is -0.205 e. The van der Waals surface area contributed by atoms with E-state index in [1.54, 1.807) is 22.3 Å². The van der Waals surface area contributed by atoms with Crippen LogP contribution >= 0.6 is 0 Å². The van der Waals surface area contributed by atoms with E-state index in [2.05, 4.69) is 70.3 Å². The molecule has 2 heterocycles. The van der Waals surface area contributed by atoms with Crippen LogP contribution in [-0.4, -0.2) is 0 Å². The van der Waals surface area contributed by atoms with Crippen molar-refractivity contribution in [2.45, 2.75) is 103 Å². The number of hydrogen-bond donors (Lipinski definition) is 0. The molecule has 2 aliphatic rings. The van der Waals surface area contributed by atoms with Crippen LogP contribution in [0.3, 0.4) is 0 Å². The summed E-state index contributed by atoms with van der Waals surface area (Å²) in [6, 6.07) is 14.2. The van der Waals surface area contributed by atoms with Gasteiger partial charge in [-0.05, 0) is 99.3 Å². The molecule has 0 bridgehead atoms. The van der Waals surface area contributed by atoms with Gasteiger partial charge in [0, 0.05) is 36.1 Å². The molecule has 0 unspecified atom stereocenters. The van der Waals surface area contributed by atoms with Crippen LogP contribution in [0.15, 0.2) is 61.2 Å². The molecule has 0 atom stereocenters. The first-order chi connectivity index (χ1) is 16.8. The Morgan fingerprint density at radius 1 is 0.471 bits per heavy atom. The Kier molecular flexibility index (Phi) is 8.06. The van der Waals surface area contributed by atoms with E-state index in [-0.39, 0.29) is 0 Å². The number of rotatable bonds is 10. The highest BCUT2D eigenvalue weighted by atomic mass is 14.9. The maximum absolute atomic E-state index is 2.41. The number of benzene rings is 1. The van der Waals surface area contributed by atoms with Gasteiger partial charge in [-0.15, -0.1) is 0 Å². The first-order valence-corrected chi connectivity index (χ1v) is 13.9. The molecule has 0 amide bonds. The molecule has 0 saturated heterocycles. The first kappa shape index (κ1) is 23.3. The van der Waals surface area contributed by atoms with Crippen molar-refractivity contribution < 1.29 is 9.13 Å². The first-order valence-electron chi connectivity index (χ1n) is 13.9. The highest BCUT2D eigenvalue weighted by Crippen LogP contribution is 2.20. The molecule has 2 nitrogen and oxygen atoms in total. The van der Waals surface area contributed by atoms with Crippen molar-refractivity contribution in [3.05, 3.63) is 94.6 Å². The Labute approximate surface area is 206 Å². The summed E-state index contributed by atoms with van der Waals surface area (Å²) in [5.41, 5.74) is 9.32. The fourth-order valence-electron chi connectivity index (χ4n) is 5.84. The number of nitrogens with zero attached hydrogens (tertiary/aromatic N) is 2. The van der Waals surface area contributed by atoms with E-state index in [1.165, 1.54) is 101 Å². The molecule has 0 radical (unpaired) electrons. The van der Waals surface area contributed by atoms with Gasteiger partial charge in [0.25, 0.3) is 0 Å². The zero-order chi connectivity index (χ0) is 23.0. The highest BCUT2D eigenvalue weighted by molar-refractivity contribution is 5.24. The van der Waals surface area contributed by atoms with E-state index < -0.39 is 0 Å². The van der Waals surface area contributed by atoms with Crippen LogP contribution in [0.2, 0.25) is 0 Å². The largest absolute Gasteiger partial charge is 0.205 e. The second kappa shape index (κ2) is 11.8. The predicted molar refractivity (Wildman–Crippen MR) is 139 cm³/mol. The van der Waals surface area contributed by atoms with Gasteiger partial charge in [0.15, 0.2) is 24.8 Å². The summed E-state index contributed by atoms with van der Waals surface area (Å²) in [5.74, 6) is 0. The topological polar surface area (TPSA) is 7.76 Å². The lowest BCUT2D eigenvalue weighted by molar-refractivity contribution is -0.698. The standard InChI is InChI=1S/C32H42N2/c1-3-13-31-25-33(23-19-29(31)11-1)21-7-5-9-27-15-17-28(18-16-27)10-6-8-22-34-24-20-30-12-2-4-14-32(30)26-34/h15-20,23-26H,1-14,21-22H2/q+2. The average Bonchev–Trinajstić information content (AvgIpc) is 2.90. The second-order valence-electron chi connectivity index (χ2n) is 10.6. The van der Waals surface area contributed by atoms with Gasteiger partial charge in [-0.25, -0.2) is 9.13 Å². The molecule has 5 rings (SSSR count). The monoisotopic (exact) mass is 454 g/mol. The van der Waals surface area contributed by atoms with E-state index in [9.17, 15) is 0 Å². The molecule has 1 aromatic carbocycles. The van der Waals surface area contributed by atoms with Crippen LogP contribution in [0.4, 0.5) is 0 Å². The number of pyridine rings is 2. The van der Waals surface area contributed by atoms with E-state index in [1.807, 2.05) is 0 Å². The van der Waals surface area contributed by atoms with Gasteiger partial charge in [-0.2, -0.15) is 0 Å². The van der Waals surface area contributed by atoms with Gasteiger partial charge in [0.2, 0.25) is 0 Å². The number of fused-ring (bicyclic) bond motifs is 2. The molecule has 0 fully saturated rings. The lowest BCUT2D eigenvalue weighted by Crippen LogP contribution is -2.34. The zero-order valence-electron chi connectivity index (χ0n) is 21.0. The fourth-order valence-corrected chi connectivity index (χ4v) is 5.84. The minimum atomic E-state index is 1.15. The summed E-state index contributed by atoms with van der Waals surface area (Å²) in [6.45, 7) is 2.29. The third-order valence-electron chi connectivity index (χ3n) is 7.97. The van der Waals surface area contributed by atoms with Crippen LogP contribution in [0.5, 0.6) is 0 Å². The molecule has 2 heteroatoms. The van der Waals surface area contributed by atoms with Crippen molar-refractivity contribution in [3.63, 3.8) is 0 Å². The Hall–Kier alpha value is -2.48. The molecular formula is C32H42N2+2. The van der Waals surface area contributed by atoms with Crippen LogP contribution in [0, 0.1) is 0 Å². The highest BCUT2D eigenvalue weighted by Gasteiger charge is 2.14. The summed E-state index contributed by atoms with van der Waals surface area (Å²) in [6.07, 6.45) is 27.4. The smallest absolute Gasteiger partial charge is 0.172 e. The summed E-state index contributed by atoms with van der Waals surface area (Å²) in [4.78, 5) is 0. The van der Waals surface area contributed by atoms with Crippen molar-refractivity contribution in [3.8, 4) is 0 Å². The molecule has 0 saturated carbocycles. The van der Waals surface area contributed by atoms with Gasteiger partial charge in [0.1, 0.15) is 13.1 Å². The van der Waals surface area contributed by atoms with Gasteiger partial charge in [-0.3, -0.25) is 0 Å². The molecule has 0 aliphatic heterocycles. The van der Waals surface area contributed by atoms with Crippen molar-refractivity contribution in [1.29, 1.82) is 0 Å². The van der Waals surface area contributed by atoms with E-state index in [0.29, 0.717) is 0 Å². The van der Waals surface area contributed by atoms with E-state index in [4.69, 9.17) is 0 Å². The number of aryl methyl sites for hydroxylation is 8. The average molecular weight is 455 g/mol. The number of unbranched alkanes of at least 4 members (excludes halogenated alkanes) is 2. The SMILES string of the molecule is c1cc(CCCC[n+]2ccc3c(c2)CCCC3)ccc1CCCC[n+]1ccc2c(c1)CCCC2. The summed E-state index contributed by atoms with van der Waals surface area (Å²) >= 11 is 0. The van der Waals surface area contributed by atoms with Crippen LogP contribution in [0.25, 0.3) is 0 Å². The Bertz CT molecular complexity index is 980. The second-order valence-corrected chi connectivity index (χ2v) is 10.6. The number of aromatic nitrogens is 2. The molecule has 0 spiro atoms. The summed E-state index contributed by atoms with van der Waals surface area (Å²) < 4.78 is 4.82. The molecule has 178 valence electrons. The molecule has 2 aliphatic carbocycles. The quantitative estimate of drug-likeness (QED) is 0.260. The normalized spacial score (nSPS) is 15.1. The van der Waals surface area contributed by atoms with E-state index in [0.717, 1.165) is 13.1 Å². The lowest BCUT2D eigenvalue weighted by Gasteiger charge is -2.13. The van der Waals surface area contributed by atoms with Gasteiger partial charge in [-0.1, -0.05) is 24.3 Å². The van der Waals surface area contributed by atoms with Crippen LogP contribution in [-0.2, 0) is 51.6 Å². The Morgan fingerprint density at radius 3 is 1.32 bits per heavy atom. The molecule has 2 aromatic heterocycles. The fraction of sp³-hybridized carbons (Fsp3) is 0.500. The van der Waals surface area contributed by atoms with Crippen LogP contribution in [0.1, 0.15) is 84.7 Å². The molecule has 34 heavy (non-hydrogen) atoms. The third-order valence-corrected chi connectivity index (χ3v) is 7.97. The van der Waals surface area contributed by atoms with Gasteiger partial charge < -0.3 is 0 Å².